The van der Waals surface area contributed by atoms with Gasteiger partial charge in [0.1, 0.15) is 5.01 Å². The number of aromatic nitrogens is 1. The first-order valence-electron chi connectivity index (χ1n) is 6.91. The van der Waals surface area contributed by atoms with Crippen LogP contribution in [0, 0.1) is 0 Å². The number of esters is 1. The van der Waals surface area contributed by atoms with Crippen molar-refractivity contribution in [3.05, 3.63) is 52.0 Å². The van der Waals surface area contributed by atoms with Crippen LogP contribution in [0.25, 0.3) is 0 Å². The molecule has 1 aromatic carbocycles. The van der Waals surface area contributed by atoms with E-state index in [4.69, 9.17) is 0 Å². The summed E-state index contributed by atoms with van der Waals surface area (Å²) in [6, 6.07) is 9.16. The van der Waals surface area contributed by atoms with Gasteiger partial charge in [-0.15, -0.1) is 11.3 Å². The highest BCUT2D eigenvalue weighted by Gasteiger charge is 2.21. The minimum atomic E-state index is -0.465. The smallest absolute Gasteiger partial charge is 0.357 e. The van der Waals surface area contributed by atoms with Gasteiger partial charge in [0, 0.05) is 17.0 Å². The zero-order valence-corrected chi connectivity index (χ0v) is 13.6. The maximum atomic E-state index is 12.6. The van der Waals surface area contributed by atoms with E-state index in [1.807, 2.05) is 32.0 Å². The van der Waals surface area contributed by atoms with E-state index in [9.17, 15) is 9.59 Å². The molecule has 0 N–H and O–H groups in total. The Morgan fingerprint density at radius 1 is 1.27 bits per heavy atom. The average molecular weight is 318 g/mol. The molecule has 2 aromatic rings. The largest absolute Gasteiger partial charge is 0.464 e. The van der Waals surface area contributed by atoms with Gasteiger partial charge in [-0.05, 0) is 26.0 Å². The molecule has 0 radical (unpaired) electrons. The molecule has 1 aromatic heterocycles. The molecule has 1 amide bonds. The van der Waals surface area contributed by atoms with Crippen LogP contribution in [0.5, 0.6) is 0 Å². The maximum Gasteiger partial charge on any atom is 0.357 e. The fourth-order valence-electron chi connectivity index (χ4n) is 1.96. The third-order valence-corrected chi connectivity index (χ3v) is 3.99. The molecule has 0 fully saturated rings. The summed E-state index contributed by atoms with van der Waals surface area (Å²) in [4.78, 5) is 30.0. The van der Waals surface area contributed by atoms with E-state index in [1.165, 1.54) is 18.4 Å². The summed E-state index contributed by atoms with van der Waals surface area (Å²) in [5.41, 5.74) is 0.916. The molecule has 0 bridgehead atoms. The van der Waals surface area contributed by atoms with Gasteiger partial charge in [0.05, 0.1) is 13.7 Å². The maximum absolute atomic E-state index is 12.6. The van der Waals surface area contributed by atoms with Gasteiger partial charge in [0.2, 0.25) is 0 Å². The Morgan fingerprint density at radius 2 is 1.95 bits per heavy atom. The van der Waals surface area contributed by atoms with E-state index >= 15 is 0 Å². The van der Waals surface area contributed by atoms with Gasteiger partial charge >= 0.3 is 5.97 Å². The van der Waals surface area contributed by atoms with Crippen LogP contribution in [0.2, 0.25) is 0 Å². The van der Waals surface area contributed by atoms with Gasteiger partial charge in [-0.3, -0.25) is 4.79 Å². The molecule has 0 aliphatic rings. The van der Waals surface area contributed by atoms with Gasteiger partial charge in [0.25, 0.3) is 5.91 Å². The fraction of sp³-hybridized carbons (Fsp3) is 0.312. The summed E-state index contributed by atoms with van der Waals surface area (Å²) < 4.78 is 4.64. The SMILES string of the molecule is COC(=O)c1csc(CN(C(=O)c2ccccc2)C(C)C)n1. The van der Waals surface area contributed by atoms with Crippen LogP contribution in [-0.2, 0) is 11.3 Å². The minimum Gasteiger partial charge on any atom is -0.464 e. The monoisotopic (exact) mass is 318 g/mol. The lowest BCUT2D eigenvalue weighted by Gasteiger charge is -2.25. The molecule has 22 heavy (non-hydrogen) atoms. The highest BCUT2D eigenvalue weighted by molar-refractivity contribution is 7.09. The Balaban J connectivity index is 2.17. The predicted molar refractivity (Wildman–Crippen MR) is 84.9 cm³/mol. The average Bonchev–Trinajstić information content (AvgIpc) is 3.00. The van der Waals surface area contributed by atoms with Crippen molar-refractivity contribution < 1.29 is 14.3 Å². The van der Waals surface area contributed by atoms with Crippen molar-refractivity contribution in [2.75, 3.05) is 7.11 Å². The number of thiazole rings is 1. The Bertz CT molecular complexity index is 652. The third kappa shape index (κ3) is 3.71. The third-order valence-electron chi connectivity index (χ3n) is 3.16. The molecule has 5 nitrogen and oxygen atoms in total. The second-order valence-corrected chi connectivity index (χ2v) is 5.95. The van der Waals surface area contributed by atoms with E-state index in [1.54, 1.807) is 22.4 Å². The first-order chi connectivity index (χ1) is 10.5. The molecule has 0 saturated carbocycles. The number of nitrogens with zero attached hydrogens (tertiary/aromatic N) is 2. The second kappa shape index (κ2) is 7.17. The topological polar surface area (TPSA) is 59.5 Å². The number of carbonyl (C=O) groups excluding carboxylic acids is 2. The van der Waals surface area contributed by atoms with E-state index in [0.29, 0.717) is 17.1 Å². The minimum absolute atomic E-state index is 0.0261. The number of hydrogen-bond donors (Lipinski definition) is 0. The van der Waals surface area contributed by atoms with Crippen LogP contribution >= 0.6 is 11.3 Å². The molecule has 0 spiro atoms. The molecule has 0 unspecified atom stereocenters. The summed E-state index contributed by atoms with van der Waals surface area (Å²) in [7, 11) is 1.32. The lowest BCUT2D eigenvalue weighted by molar-refractivity contribution is 0.0594. The summed E-state index contributed by atoms with van der Waals surface area (Å²) in [5, 5.41) is 2.35. The van der Waals surface area contributed by atoms with Crippen molar-refractivity contribution in [2.24, 2.45) is 0 Å². The quantitative estimate of drug-likeness (QED) is 0.795. The summed E-state index contributed by atoms with van der Waals surface area (Å²) in [6.07, 6.45) is 0. The zero-order valence-electron chi connectivity index (χ0n) is 12.8. The second-order valence-electron chi connectivity index (χ2n) is 5.01. The van der Waals surface area contributed by atoms with Crippen LogP contribution in [-0.4, -0.2) is 34.9 Å². The fourth-order valence-corrected chi connectivity index (χ4v) is 2.72. The van der Waals surface area contributed by atoms with Crippen molar-refractivity contribution in [2.45, 2.75) is 26.4 Å². The molecule has 0 aliphatic carbocycles. The molecule has 116 valence electrons. The number of rotatable bonds is 5. The molecule has 0 atom stereocenters. The number of carbonyl (C=O) groups is 2. The van der Waals surface area contributed by atoms with Gasteiger partial charge in [-0.2, -0.15) is 0 Å². The Labute approximate surface area is 133 Å². The number of amides is 1. The van der Waals surface area contributed by atoms with E-state index in [2.05, 4.69) is 9.72 Å². The predicted octanol–water partition coefficient (Wildman–Crippen LogP) is 2.98. The normalized spacial score (nSPS) is 10.5. The molecule has 6 heteroatoms. The molecule has 0 saturated heterocycles. The van der Waals surface area contributed by atoms with Crippen LogP contribution in [0.15, 0.2) is 35.7 Å². The lowest BCUT2D eigenvalue weighted by atomic mass is 10.1. The van der Waals surface area contributed by atoms with Gasteiger partial charge < -0.3 is 9.64 Å². The number of ether oxygens (including phenoxy) is 1. The van der Waals surface area contributed by atoms with Crippen LogP contribution < -0.4 is 0 Å². The lowest BCUT2D eigenvalue weighted by Crippen LogP contribution is -2.36. The van der Waals surface area contributed by atoms with Crippen molar-refractivity contribution in [1.82, 2.24) is 9.88 Å². The van der Waals surface area contributed by atoms with Crippen molar-refractivity contribution in [3.63, 3.8) is 0 Å². The molecule has 0 aliphatic heterocycles. The standard InChI is InChI=1S/C16H18N2O3S/c1-11(2)18(15(19)12-7-5-4-6-8-12)9-14-17-13(10-22-14)16(20)21-3/h4-8,10-11H,9H2,1-3H3. The first-order valence-corrected chi connectivity index (χ1v) is 7.79. The van der Waals surface area contributed by atoms with Gasteiger partial charge in [-0.25, -0.2) is 9.78 Å². The van der Waals surface area contributed by atoms with Gasteiger partial charge in [-0.1, -0.05) is 18.2 Å². The van der Waals surface area contributed by atoms with E-state index < -0.39 is 5.97 Å². The summed E-state index contributed by atoms with van der Waals surface area (Å²) >= 11 is 1.35. The number of methoxy groups -OCH3 is 1. The Kier molecular flexibility index (Phi) is 5.27. The zero-order chi connectivity index (χ0) is 16.1. The van der Waals surface area contributed by atoms with Crippen molar-refractivity contribution in [3.8, 4) is 0 Å². The van der Waals surface area contributed by atoms with Crippen LogP contribution in [0.3, 0.4) is 0 Å². The van der Waals surface area contributed by atoms with E-state index in [0.717, 1.165) is 0 Å². The number of hydrogen-bond acceptors (Lipinski definition) is 5. The van der Waals surface area contributed by atoms with Gasteiger partial charge in [0.15, 0.2) is 5.69 Å². The molecular weight excluding hydrogens is 300 g/mol. The molecule has 1 heterocycles. The van der Waals surface area contributed by atoms with Crippen molar-refractivity contribution in [1.29, 1.82) is 0 Å². The number of benzene rings is 1. The van der Waals surface area contributed by atoms with Crippen molar-refractivity contribution >= 4 is 23.2 Å². The first kappa shape index (κ1) is 16.2. The van der Waals surface area contributed by atoms with Crippen LogP contribution in [0.1, 0.15) is 39.7 Å². The molecular formula is C16H18N2O3S. The highest BCUT2D eigenvalue weighted by atomic mass is 32.1. The summed E-state index contributed by atoms with van der Waals surface area (Å²) in [5.74, 6) is -0.515. The summed E-state index contributed by atoms with van der Waals surface area (Å²) in [6.45, 7) is 4.28. The highest BCUT2D eigenvalue weighted by Crippen LogP contribution is 2.17. The Hall–Kier alpha value is -2.21. The van der Waals surface area contributed by atoms with E-state index in [-0.39, 0.29) is 17.6 Å². The Morgan fingerprint density at radius 3 is 2.55 bits per heavy atom. The molecule has 2 rings (SSSR count). The van der Waals surface area contributed by atoms with Crippen LogP contribution in [0.4, 0.5) is 0 Å².